The highest BCUT2D eigenvalue weighted by molar-refractivity contribution is 5.31. The molecule has 0 amide bonds. The zero-order valence-electron chi connectivity index (χ0n) is 6.94. The Hall–Kier alpha value is -0.720. The van der Waals surface area contributed by atoms with E-state index in [1.165, 1.54) is 11.1 Å². The molecule has 10 heavy (non-hydrogen) atoms. The van der Waals surface area contributed by atoms with Crippen LogP contribution in [0.15, 0.2) is 22.9 Å². The second-order valence-corrected chi connectivity index (χ2v) is 3.20. The number of hydrogen-bond acceptors (Lipinski definition) is 1. The van der Waals surface area contributed by atoms with Gasteiger partial charge in [-0.25, -0.2) is 0 Å². The predicted molar refractivity (Wildman–Crippen MR) is 44.4 cm³/mol. The first-order valence-corrected chi connectivity index (χ1v) is 3.74. The lowest BCUT2D eigenvalue weighted by molar-refractivity contribution is 0.650. The van der Waals surface area contributed by atoms with Gasteiger partial charge in [-0.1, -0.05) is 18.6 Å². The highest BCUT2D eigenvalue weighted by atomic mass is 14.6. The average molecular weight is 137 g/mol. The minimum absolute atomic E-state index is 0.642. The van der Waals surface area contributed by atoms with Crippen molar-refractivity contribution in [3.05, 3.63) is 22.9 Å². The number of hydrogen-bond donors (Lipinski definition) is 1. The quantitative estimate of drug-likeness (QED) is 0.544. The van der Waals surface area contributed by atoms with Crippen molar-refractivity contribution in [3.8, 4) is 0 Å². The molecule has 0 saturated heterocycles. The van der Waals surface area contributed by atoms with Gasteiger partial charge in [0.25, 0.3) is 0 Å². The van der Waals surface area contributed by atoms with Crippen molar-refractivity contribution in [1.82, 2.24) is 0 Å². The smallest absolute Gasteiger partial charge is 0.0116 e. The van der Waals surface area contributed by atoms with Crippen LogP contribution in [0.1, 0.15) is 27.2 Å². The zero-order chi connectivity index (χ0) is 7.72. The maximum Gasteiger partial charge on any atom is 0.0116 e. The summed E-state index contributed by atoms with van der Waals surface area (Å²) >= 11 is 0. The molecule has 1 aliphatic rings. The Morgan fingerprint density at radius 2 is 2.10 bits per heavy atom. The van der Waals surface area contributed by atoms with Gasteiger partial charge in [0, 0.05) is 5.70 Å². The van der Waals surface area contributed by atoms with Crippen molar-refractivity contribution < 1.29 is 0 Å². The fourth-order valence-electron chi connectivity index (χ4n) is 1.23. The molecule has 0 heterocycles. The molecule has 0 aromatic carbocycles. The van der Waals surface area contributed by atoms with Crippen LogP contribution in [0.5, 0.6) is 0 Å². The molecule has 0 aliphatic heterocycles. The number of nitrogens with two attached hydrogens (primary N) is 1. The molecule has 2 N–H and O–H groups in total. The van der Waals surface area contributed by atoms with Crippen LogP contribution >= 0.6 is 0 Å². The van der Waals surface area contributed by atoms with E-state index in [-0.39, 0.29) is 0 Å². The first kappa shape index (κ1) is 7.39. The maximum atomic E-state index is 5.77. The second-order valence-electron chi connectivity index (χ2n) is 3.20. The molecule has 0 aromatic rings. The summed E-state index contributed by atoms with van der Waals surface area (Å²) in [5.41, 5.74) is 9.52. The Morgan fingerprint density at radius 3 is 2.60 bits per heavy atom. The van der Waals surface area contributed by atoms with E-state index in [2.05, 4.69) is 26.8 Å². The standard InChI is InChI=1S/C9H15N/c1-6-4-8(3)9(10)5-7(6)2/h4,7H,5,10H2,1-3H3/t7-/m1/s1. The van der Waals surface area contributed by atoms with Crippen molar-refractivity contribution in [2.75, 3.05) is 0 Å². The molecule has 0 unspecified atom stereocenters. The normalized spacial score (nSPS) is 26.7. The molecule has 1 nitrogen and oxygen atoms in total. The molecule has 1 atom stereocenters. The Kier molecular flexibility index (Phi) is 1.84. The van der Waals surface area contributed by atoms with Crippen molar-refractivity contribution in [3.63, 3.8) is 0 Å². The van der Waals surface area contributed by atoms with E-state index in [1.54, 1.807) is 0 Å². The molecule has 0 saturated carbocycles. The summed E-state index contributed by atoms with van der Waals surface area (Å²) in [5.74, 6) is 0.642. The third kappa shape index (κ3) is 1.23. The minimum atomic E-state index is 0.642. The Bertz CT molecular complexity index is 199. The van der Waals surface area contributed by atoms with Crippen LogP contribution in [0.3, 0.4) is 0 Å². The molecule has 0 bridgehead atoms. The number of rotatable bonds is 0. The van der Waals surface area contributed by atoms with Crippen molar-refractivity contribution in [1.29, 1.82) is 0 Å². The SMILES string of the molecule is CC1=CC(C)=C(N)C[C@H]1C. The van der Waals surface area contributed by atoms with E-state index in [4.69, 9.17) is 5.73 Å². The van der Waals surface area contributed by atoms with Crippen LogP contribution in [0.4, 0.5) is 0 Å². The predicted octanol–water partition coefficient (Wildman–Crippen LogP) is 2.21. The van der Waals surface area contributed by atoms with E-state index < -0.39 is 0 Å². The average Bonchev–Trinajstić information content (AvgIpc) is 1.84. The zero-order valence-corrected chi connectivity index (χ0v) is 6.94. The van der Waals surface area contributed by atoms with Crippen LogP contribution in [0.25, 0.3) is 0 Å². The van der Waals surface area contributed by atoms with Crippen LogP contribution in [0.2, 0.25) is 0 Å². The first-order valence-electron chi connectivity index (χ1n) is 3.74. The lowest BCUT2D eigenvalue weighted by Crippen LogP contribution is -2.11. The summed E-state index contributed by atoms with van der Waals surface area (Å²) in [4.78, 5) is 0. The van der Waals surface area contributed by atoms with Gasteiger partial charge < -0.3 is 5.73 Å². The van der Waals surface area contributed by atoms with Crippen LogP contribution in [-0.2, 0) is 0 Å². The van der Waals surface area contributed by atoms with Crippen LogP contribution in [0, 0.1) is 5.92 Å². The lowest BCUT2D eigenvalue weighted by Gasteiger charge is -2.19. The molecular formula is C9H15N. The molecule has 0 fully saturated rings. The molecule has 0 aromatic heterocycles. The molecule has 1 aliphatic carbocycles. The summed E-state index contributed by atoms with van der Waals surface area (Å²) in [6.45, 7) is 6.45. The molecule has 0 spiro atoms. The van der Waals surface area contributed by atoms with Crippen LogP contribution in [-0.4, -0.2) is 0 Å². The third-order valence-electron chi connectivity index (χ3n) is 2.25. The van der Waals surface area contributed by atoms with Gasteiger partial charge in [0.05, 0.1) is 0 Å². The van der Waals surface area contributed by atoms with Gasteiger partial charge in [-0.15, -0.1) is 0 Å². The van der Waals surface area contributed by atoms with E-state index in [0.717, 1.165) is 12.1 Å². The van der Waals surface area contributed by atoms with Crippen molar-refractivity contribution in [2.45, 2.75) is 27.2 Å². The molecule has 0 radical (unpaired) electrons. The lowest BCUT2D eigenvalue weighted by atomic mass is 9.89. The summed E-state index contributed by atoms with van der Waals surface area (Å²) < 4.78 is 0. The largest absolute Gasteiger partial charge is 0.402 e. The van der Waals surface area contributed by atoms with Gasteiger partial charge in [0.2, 0.25) is 0 Å². The molecule has 56 valence electrons. The summed E-state index contributed by atoms with van der Waals surface area (Å²) in [6, 6.07) is 0. The first-order chi connectivity index (χ1) is 4.61. The Morgan fingerprint density at radius 1 is 1.50 bits per heavy atom. The number of allylic oxidation sites excluding steroid dienone is 4. The van der Waals surface area contributed by atoms with E-state index in [9.17, 15) is 0 Å². The van der Waals surface area contributed by atoms with Gasteiger partial charge in [-0.3, -0.25) is 0 Å². The summed E-state index contributed by atoms with van der Waals surface area (Å²) in [7, 11) is 0. The fraction of sp³-hybridized carbons (Fsp3) is 0.556. The van der Waals surface area contributed by atoms with E-state index >= 15 is 0 Å². The fourth-order valence-corrected chi connectivity index (χ4v) is 1.23. The Labute approximate surface area is 62.6 Å². The van der Waals surface area contributed by atoms with E-state index in [0.29, 0.717) is 5.92 Å². The summed E-state index contributed by atoms with van der Waals surface area (Å²) in [5, 5.41) is 0. The Balaban J connectivity index is 2.88. The second kappa shape index (κ2) is 2.49. The monoisotopic (exact) mass is 137 g/mol. The van der Waals surface area contributed by atoms with Crippen molar-refractivity contribution >= 4 is 0 Å². The van der Waals surface area contributed by atoms with E-state index in [1.807, 2.05) is 0 Å². The maximum absolute atomic E-state index is 5.77. The molecular weight excluding hydrogens is 122 g/mol. The topological polar surface area (TPSA) is 26.0 Å². The van der Waals surface area contributed by atoms with Gasteiger partial charge in [-0.05, 0) is 31.8 Å². The highest BCUT2D eigenvalue weighted by Gasteiger charge is 2.11. The van der Waals surface area contributed by atoms with Gasteiger partial charge in [0.1, 0.15) is 0 Å². The van der Waals surface area contributed by atoms with Crippen LogP contribution < -0.4 is 5.73 Å². The minimum Gasteiger partial charge on any atom is -0.402 e. The van der Waals surface area contributed by atoms with Crippen molar-refractivity contribution in [2.24, 2.45) is 11.7 Å². The third-order valence-corrected chi connectivity index (χ3v) is 2.25. The van der Waals surface area contributed by atoms with Gasteiger partial charge in [0.15, 0.2) is 0 Å². The molecule has 1 heteroatoms. The van der Waals surface area contributed by atoms with Gasteiger partial charge >= 0.3 is 0 Å². The highest BCUT2D eigenvalue weighted by Crippen LogP contribution is 2.25. The summed E-state index contributed by atoms with van der Waals surface area (Å²) in [6.07, 6.45) is 3.22. The molecule has 1 rings (SSSR count). The van der Waals surface area contributed by atoms with Gasteiger partial charge in [-0.2, -0.15) is 0 Å².